The highest BCUT2D eigenvalue weighted by atomic mass is 16.8. The predicted molar refractivity (Wildman–Crippen MR) is 88.4 cm³/mol. The second-order valence-electron chi connectivity index (χ2n) is 10.1. The second-order valence-corrected chi connectivity index (χ2v) is 10.1. The lowest BCUT2D eigenvalue weighted by molar-refractivity contribution is -0.559. The van der Waals surface area contributed by atoms with Crippen molar-refractivity contribution in [2.45, 2.75) is 69.9 Å². The molecule has 4 aliphatic heterocycles. The summed E-state index contributed by atoms with van der Waals surface area (Å²) >= 11 is 0. The molecular weight excluding hydrogens is 336 g/mol. The number of carbonyl (C=O) groups excluding carboxylic acids is 1. The van der Waals surface area contributed by atoms with E-state index in [1.807, 2.05) is 0 Å². The van der Waals surface area contributed by atoms with Gasteiger partial charge in [-0.3, -0.25) is 4.79 Å². The molecule has 4 saturated heterocycles. The van der Waals surface area contributed by atoms with Gasteiger partial charge in [0.15, 0.2) is 12.1 Å². The SMILES string of the molecule is C=C1C(=O)C2CCC3C45C(O)CCC(C)(C)C4C(O)C4(O)OC5OC2C134. The Morgan fingerprint density at radius 3 is 2.65 bits per heavy atom. The summed E-state index contributed by atoms with van der Waals surface area (Å²) in [5, 5.41) is 34.4. The van der Waals surface area contributed by atoms with Gasteiger partial charge in [-0.15, -0.1) is 0 Å². The molecule has 3 N–H and O–H groups in total. The number of Topliss-reactive ketones (excluding diaryl/α,β-unsaturated/α-hetero) is 1. The van der Waals surface area contributed by atoms with Crippen LogP contribution in [0.5, 0.6) is 0 Å². The Morgan fingerprint density at radius 2 is 1.92 bits per heavy atom. The van der Waals surface area contributed by atoms with Gasteiger partial charge in [0.1, 0.15) is 6.10 Å². The van der Waals surface area contributed by atoms with Gasteiger partial charge in [0.05, 0.1) is 23.0 Å². The molecule has 7 bridgehead atoms. The van der Waals surface area contributed by atoms with Crippen LogP contribution in [0.3, 0.4) is 0 Å². The van der Waals surface area contributed by atoms with E-state index in [4.69, 9.17) is 9.47 Å². The second kappa shape index (κ2) is 4.13. The number of ketones is 1. The number of aliphatic hydroxyl groups is 3. The maximum atomic E-state index is 12.9. The van der Waals surface area contributed by atoms with Crippen molar-refractivity contribution < 1.29 is 29.6 Å². The predicted octanol–water partition coefficient (Wildman–Crippen LogP) is 0.740. The molecule has 6 heteroatoms. The first-order chi connectivity index (χ1) is 12.1. The molecule has 6 nitrogen and oxygen atoms in total. The maximum Gasteiger partial charge on any atom is 0.207 e. The van der Waals surface area contributed by atoms with E-state index in [0.717, 1.165) is 6.42 Å². The smallest absolute Gasteiger partial charge is 0.207 e. The third kappa shape index (κ3) is 1.19. The Hall–Kier alpha value is -0.790. The zero-order valence-electron chi connectivity index (χ0n) is 15.1. The fraction of sp³-hybridized carbons (Fsp3) is 0.850. The van der Waals surface area contributed by atoms with Crippen LogP contribution in [-0.4, -0.2) is 51.5 Å². The molecule has 10 atom stereocenters. The summed E-state index contributed by atoms with van der Waals surface area (Å²) < 4.78 is 12.3. The summed E-state index contributed by atoms with van der Waals surface area (Å²) in [7, 11) is 0. The average molecular weight is 362 g/mol. The van der Waals surface area contributed by atoms with Crippen LogP contribution in [-0.2, 0) is 14.3 Å². The van der Waals surface area contributed by atoms with E-state index in [2.05, 4.69) is 20.4 Å². The minimum atomic E-state index is -1.88. The first-order valence-corrected chi connectivity index (χ1v) is 9.80. The third-order valence-electron chi connectivity index (χ3n) is 9.16. The van der Waals surface area contributed by atoms with Gasteiger partial charge in [0, 0.05) is 17.4 Å². The first kappa shape index (κ1) is 16.2. The highest BCUT2D eigenvalue weighted by Gasteiger charge is 2.91. The summed E-state index contributed by atoms with van der Waals surface area (Å²) in [6, 6.07) is 0. The fourth-order valence-electron chi connectivity index (χ4n) is 8.43. The van der Waals surface area contributed by atoms with Gasteiger partial charge in [-0.25, -0.2) is 0 Å². The topological polar surface area (TPSA) is 96.2 Å². The number of ether oxygens (including phenoxy) is 2. The minimum Gasteiger partial charge on any atom is -0.392 e. The van der Waals surface area contributed by atoms with Crippen molar-refractivity contribution in [2.24, 2.45) is 34.0 Å². The standard InChI is InChI=1S/C20H26O6/c1-8-12(22)9-4-5-10-18-11(21)6-7-17(2,3)13(18)14(23)20(24)19(8,10)15(9)25-16(18)26-20/h9-11,13-16,21,23-24H,1,4-7H2,2-3H3. The van der Waals surface area contributed by atoms with Gasteiger partial charge in [-0.2, -0.15) is 0 Å². The van der Waals surface area contributed by atoms with Crippen molar-refractivity contribution in [3.8, 4) is 0 Å². The molecule has 10 unspecified atom stereocenters. The van der Waals surface area contributed by atoms with Gasteiger partial charge in [0.25, 0.3) is 0 Å². The Bertz CT molecular complexity index is 761. The Balaban J connectivity index is 1.70. The molecule has 0 aromatic carbocycles. The molecule has 8 fully saturated rings. The molecule has 4 saturated carbocycles. The van der Waals surface area contributed by atoms with Crippen molar-refractivity contribution in [1.29, 1.82) is 0 Å². The van der Waals surface area contributed by atoms with Crippen LogP contribution in [0.2, 0.25) is 0 Å². The lowest BCUT2D eigenvalue weighted by Gasteiger charge is -2.80. The maximum absolute atomic E-state index is 12.9. The van der Waals surface area contributed by atoms with Gasteiger partial charge in [0.2, 0.25) is 5.79 Å². The highest BCUT2D eigenvalue weighted by Crippen LogP contribution is 2.82. The molecule has 2 spiro atoms. The lowest BCUT2D eigenvalue weighted by atomic mass is 9.34. The molecule has 0 radical (unpaired) electrons. The summed E-state index contributed by atoms with van der Waals surface area (Å²) in [5.74, 6) is -2.82. The van der Waals surface area contributed by atoms with Gasteiger partial charge < -0.3 is 24.8 Å². The monoisotopic (exact) mass is 362 g/mol. The van der Waals surface area contributed by atoms with Crippen LogP contribution in [0, 0.1) is 34.0 Å². The third-order valence-corrected chi connectivity index (χ3v) is 9.16. The van der Waals surface area contributed by atoms with E-state index < -0.39 is 41.2 Å². The highest BCUT2D eigenvalue weighted by molar-refractivity contribution is 6.02. The molecule has 0 aromatic heterocycles. The van der Waals surface area contributed by atoms with Gasteiger partial charge in [-0.05, 0) is 37.0 Å². The normalized spacial score (nSPS) is 64.0. The molecule has 4 aliphatic carbocycles. The fourth-order valence-corrected chi connectivity index (χ4v) is 8.43. The first-order valence-electron chi connectivity index (χ1n) is 9.80. The number of aliphatic hydroxyl groups excluding tert-OH is 2. The van der Waals surface area contributed by atoms with Crippen molar-refractivity contribution in [1.82, 2.24) is 0 Å². The molecule has 8 rings (SSSR count). The lowest BCUT2D eigenvalue weighted by Crippen LogP contribution is -2.90. The van der Waals surface area contributed by atoms with Crippen LogP contribution in [0.15, 0.2) is 12.2 Å². The Kier molecular flexibility index (Phi) is 2.57. The quantitative estimate of drug-likeness (QED) is 0.550. The van der Waals surface area contributed by atoms with E-state index in [1.54, 1.807) is 0 Å². The number of carbonyl (C=O) groups is 1. The van der Waals surface area contributed by atoms with Crippen molar-refractivity contribution >= 4 is 5.78 Å². The summed E-state index contributed by atoms with van der Waals surface area (Å²) in [4.78, 5) is 12.9. The summed E-state index contributed by atoms with van der Waals surface area (Å²) in [6.45, 7) is 8.23. The van der Waals surface area contributed by atoms with E-state index >= 15 is 0 Å². The van der Waals surface area contributed by atoms with Gasteiger partial charge >= 0.3 is 0 Å². The van der Waals surface area contributed by atoms with Crippen LogP contribution >= 0.6 is 0 Å². The molecule has 0 aromatic rings. The van der Waals surface area contributed by atoms with Gasteiger partial charge in [-0.1, -0.05) is 20.4 Å². The van der Waals surface area contributed by atoms with E-state index in [0.29, 0.717) is 24.8 Å². The van der Waals surface area contributed by atoms with E-state index in [9.17, 15) is 20.1 Å². The average Bonchev–Trinajstić information content (AvgIpc) is 2.71. The molecule has 4 heterocycles. The number of rotatable bonds is 0. The van der Waals surface area contributed by atoms with Crippen LogP contribution in [0.1, 0.15) is 39.5 Å². The largest absolute Gasteiger partial charge is 0.392 e. The summed E-state index contributed by atoms with van der Waals surface area (Å²) in [6.07, 6.45) is -0.452. The van der Waals surface area contributed by atoms with E-state index in [-0.39, 0.29) is 29.0 Å². The number of hydrogen-bond donors (Lipinski definition) is 3. The number of hydrogen-bond acceptors (Lipinski definition) is 6. The van der Waals surface area contributed by atoms with Crippen LogP contribution in [0.25, 0.3) is 0 Å². The van der Waals surface area contributed by atoms with Crippen molar-refractivity contribution in [3.05, 3.63) is 12.2 Å². The molecule has 0 amide bonds. The zero-order chi connectivity index (χ0) is 18.4. The van der Waals surface area contributed by atoms with E-state index in [1.165, 1.54) is 0 Å². The Labute approximate surface area is 152 Å². The van der Waals surface area contributed by atoms with Crippen molar-refractivity contribution in [3.63, 3.8) is 0 Å². The van der Waals surface area contributed by atoms with Crippen LogP contribution in [0.4, 0.5) is 0 Å². The van der Waals surface area contributed by atoms with Crippen molar-refractivity contribution in [2.75, 3.05) is 0 Å². The molecule has 26 heavy (non-hydrogen) atoms. The molecular formula is C20H26O6. The van der Waals surface area contributed by atoms with Crippen LogP contribution < -0.4 is 0 Å². The molecule has 142 valence electrons. The minimum absolute atomic E-state index is 0.0764. The Morgan fingerprint density at radius 1 is 1.19 bits per heavy atom. The zero-order valence-corrected chi connectivity index (χ0v) is 15.1. The molecule has 8 aliphatic rings. The summed E-state index contributed by atoms with van der Waals surface area (Å²) in [5.41, 5.74) is -1.93.